The fourth-order valence-electron chi connectivity index (χ4n) is 3.83. The number of hydrogen-bond donors (Lipinski definition) is 3. The summed E-state index contributed by atoms with van der Waals surface area (Å²) in [5.74, 6) is 0.465. The lowest BCUT2D eigenvalue weighted by atomic mass is 10.1. The maximum Gasteiger partial charge on any atom is 0.270 e. The predicted octanol–water partition coefficient (Wildman–Crippen LogP) is 3.55. The van der Waals surface area contributed by atoms with Gasteiger partial charge in [-0.3, -0.25) is 9.59 Å². The maximum atomic E-state index is 12.9. The molecule has 8 nitrogen and oxygen atoms in total. The first-order chi connectivity index (χ1) is 15.5. The number of benzene rings is 2. The first kappa shape index (κ1) is 19.9. The van der Waals surface area contributed by atoms with Crippen LogP contribution in [0.2, 0.25) is 0 Å². The summed E-state index contributed by atoms with van der Waals surface area (Å²) in [6.45, 7) is 4.44. The number of ether oxygens (including phenoxy) is 2. The number of fused-ring (bicyclic) bond motifs is 4. The molecule has 0 radical (unpaired) electrons. The number of para-hydroxylation sites is 1. The summed E-state index contributed by atoms with van der Waals surface area (Å²) in [6, 6.07) is 14.1. The van der Waals surface area contributed by atoms with E-state index < -0.39 is 11.9 Å². The number of carbonyl (C=O) groups is 2. The van der Waals surface area contributed by atoms with Gasteiger partial charge in [0.1, 0.15) is 24.9 Å². The number of anilines is 1. The van der Waals surface area contributed by atoms with E-state index in [0.717, 1.165) is 27.5 Å². The topological polar surface area (TPSA) is 105 Å². The molecule has 0 bridgehead atoms. The van der Waals surface area contributed by atoms with Crippen molar-refractivity contribution >= 4 is 39.3 Å². The largest absolute Gasteiger partial charge is 0.486 e. The lowest BCUT2D eigenvalue weighted by molar-refractivity contribution is -0.117. The third-order valence-electron chi connectivity index (χ3n) is 5.46. The molecule has 0 spiro atoms. The van der Waals surface area contributed by atoms with Crippen molar-refractivity contribution in [3.8, 4) is 11.5 Å². The van der Waals surface area contributed by atoms with Crippen molar-refractivity contribution in [3.63, 3.8) is 0 Å². The first-order valence-electron chi connectivity index (χ1n) is 10.4. The van der Waals surface area contributed by atoms with Gasteiger partial charge in [-0.15, -0.1) is 0 Å². The van der Waals surface area contributed by atoms with Gasteiger partial charge in [0.2, 0.25) is 5.91 Å². The number of aromatic nitrogens is 2. The maximum absolute atomic E-state index is 12.9. The van der Waals surface area contributed by atoms with Crippen molar-refractivity contribution < 1.29 is 19.1 Å². The molecular formula is C24H22N4O4. The minimum absolute atomic E-state index is 0.263. The van der Waals surface area contributed by atoms with Gasteiger partial charge < -0.3 is 25.1 Å². The van der Waals surface area contributed by atoms with Gasteiger partial charge in [-0.05, 0) is 38.1 Å². The van der Waals surface area contributed by atoms with E-state index in [1.54, 1.807) is 31.2 Å². The zero-order valence-corrected chi connectivity index (χ0v) is 17.7. The molecule has 32 heavy (non-hydrogen) atoms. The van der Waals surface area contributed by atoms with Gasteiger partial charge in [-0.25, -0.2) is 4.98 Å². The van der Waals surface area contributed by atoms with Crippen molar-refractivity contribution in [1.29, 1.82) is 0 Å². The van der Waals surface area contributed by atoms with Crippen molar-refractivity contribution in [2.75, 3.05) is 18.5 Å². The Morgan fingerprint density at radius 2 is 1.81 bits per heavy atom. The van der Waals surface area contributed by atoms with Gasteiger partial charge in [0.15, 0.2) is 11.5 Å². The summed E-state index contributed by atoms with van der Waals surface area (Å²) in [6.07, 6.45) is 0. The second kappa shape index (κ2) is 7.88. The molecule has 1 aliphatic heterocycles. The number of amides is 2. The van der Waals surface area contributed by atoms with Crippen LogP contribution < -0.4 is 20.1 Å². The molecule has 1 unspecified atom stereocenters. The zero-order chi connectivity index (χ0) is 22.2. The molecule has 0 fully saturated rings. The average molecular weight is 430 g/mol. The molecule has 162 valence electrons. The zero-order valence-electron chi connectivity index (χ0n) is 17.7. The molecule has 2 aromatic heterocycles. The summed E-state index contributed by atoms with van der Waals surface area (Å²) in [7, 11) is 0. The fourth-order valence-corrected chi connectivity index (χ4v) is 3.83. The highest BCUT2D eigenvalue weighted by Gasteiger charge is 2.20. The fraction of sp³-hybridized carbons (Fsp3) is 0.208. The first-order valence-corrected chi connectivity index (χ1v) is 10.4. The van der Waals surface area contributed by atoms with Crippen LogP contribution >= 0.6 is 0 Å². The van der Waals surface area contributed by atoms with Gasteiger partial charge in [-0.2, -0.15) is 0 Å². The van der Waals surface area contributed by atoms with Crippen LogP contribution in [0.1, 0.15) is 23.1 Å². The molecule has 4 aromatic rings. The second-order valence-corrected chi connectivity index (χ2v) is 7.73. The van der Waals surface area contributed by atoms with E-state index in [9.17, 15) is 9.59 Å². The molecule has 3 N–H and O–H groups in total. The monoisotopic (exact) mass is 430 g/mol. The van der Waals surface area contributed by atoms with Crippen molar-refractivity contribution in [2.24, 2.45) is 0 Å². The highest BCUT2D eigenvalue weighted by atomic mass is 16.6. The van der Waals surface area contributed by atoms with Gasteiger partial charge >= 0.3 is 0 Å². The molecule has 5 rings (SSSR count). The average Bonchev–Trinajstić information content (AvgIpc) is 3.18. The molecule has 0 saturated carbocycles. The van der Waals surface area contributed by atoms with Crippen LogP contribution in [0.25, 0.3) is 21.8 Å². The lowest BCUT2D eigenvalue weighted by Crippen LogP contribution is -2.41. The van der Waals surface area contributed by atoms with Crippen molar-refractivity contribution in [1.82, 2.24) is 15.3 Å². The van der Waals surface area contributed by atoms with Gasteiger partial charge in [0.05, 0.1) is 11.2 Å². The van der Waals surface area contributed by atoms with Gasteiger partial charge in [-0.1, -0.05) is 18.2 Å². The third kappa shape index (κ3) is 3.60. The highest BCUT2D eigenvalue weighted by Crippen LogP contribution is 2.32. The van der Waals surface area contributed by atoms with Crippen LogP contribution in [0.5, 0.6) is 11.5 Å². The standard InChI is InChI=1S/C24H22N4O4/c1-13-22-17(16-5-3-4-6-18(16)28-22)12-19(25-13)24(30)26-14(2)23(29)27-15-7-8-20-21(11-15)32-10-9-31-20/h3-8,11-12,14,28H,9-10H2,1-2H3,(H,26,30)(H,27,29). The Morgan fingerprint density at radius 3 is 2.66 bits per heavy atom. The lowest BCUT2D eigenvalue weighted by Gasteiger charge is -2.19. The summed E-state index contributed by atoms with van der Waals surface area (Å²) < 4.78 is 11.0. The molecule has 0 saturated heterocycles. The number of pyridine rings is 1. The number of carbonyl (C=O) groups excluding carboxylic acids is 2. The minimum atomic E-state index is -0.767. The number of hydrogen-bond acceptors (Lipinski definition) is 5. The quantitative estimate of drug-likeness (QED) is 0.459. The van der Waals surface area contributed by atoms with Crippen LogP contribution in [0.4, 0.5) is 5.69 Å². The Hall–Kier alpha value is -4.07. The van der Waals surface area contributed by atoms with E-state index >= 15 is 0 Å². The summed E-state index contributed by atoms with van der Waals surface area (Å²) in [5.41, 5.74) is 3.43. The normalized spacial score (nSPS) is 13.7. The third-order valence-corrected chi connectivity index (χ3v) is 5.46. The van der Waals surface area contributed by atoms with Gasteiger partial charge in [0, 0.05) is 28.0 Å². The summed E-state index contributed by atoms with van der Waals surface area (Å²) >= 11 is 0. The minimum Gasteiger partial charge on any atom is -0.486 e. The molecule has 8 heteroatoms. The molecule has 2 aromatic carbocycles. The van der Waals surface area contributed by atoms with E-state index in [-0.39, 0.29) is 11.6 Å². The van der Waals surface area contributed by atoms with E-state index in [1.807, 2.05) is 31.2 Å². The summed E-state index contributed by atoms with van der Waals surface area (Å²) in [4.78, 5) is 33.3. The Bertz CT molecular complexity index is 1360. The van der Waals surface area contributed by atoms with Crippen LogP contribution in [0, 0.1) is 6.92 Å². The molecule has 2 amide bonds. The van der Waals surface area contributed by atoms with Gasteiger partial charge in [0.25, 0.3) is 5.91 Å². The predicted molar refractivity (Wildman–Crippen MR) is 121 cm³/mol. The van der Waals surface area contributed by atoms with Crippen LogP contribution in [-0.2, 0) is 4.79 Å². The number of rotatable bonds is 4. The molecular weight excluding hydrogens is 408 g/mol. The molecule has 1 atom stereocenters. The van der Waals surface area contributed by atoms with Crippen molar-refractivity contribution in [2.45, 2.75) is 19.9 Å². The number of aromatic amines is 1. The van der Waals surface area contributed by atoms with Crippen LogP contribution in [0.15, 0.2) is 48.5 Å². The Morgan fingerprint density at radius 1 is 1.03 bits per heavy atom. The number of aryl methyl sites for hydroxylation is 1. The Balaban J connectivity index is 1.32. The smallest absolute Gasteiger partial charge is 0.270 e. The van der Waals surface area contributed by atoms with E-state index in [0.29, 0.717) is 30.4 Å². The highest BCUT2D eigenvalue weighted by molar-refractivity contribution is 6.10. The second-order valence-electron chi connectivity index (χ2n) is 7.73. The van der Waals surface area contributed by atoms with E-state index in [4.69, 9.17) is 9.47 Å². The summed E-state index contributed by atoms with van der Waals surface area (Å²) in [5, 5.41) is 7.47. The number of H-pyrrole nitrogens is 1. The Labute approximate surface area is 183 Å². The van der Waals surface area contributed by atoms with E-state index in [2.05, 4.69) is 20.6 Å². The molecule has 3 heterocycles. The van der Waals surface area contributed by atoms with Crippen LogP contribution in [-0.4, -0.2) is 41.0 Å². The SMILES string of the molecule is Cc1nc(C(=O)NC(C)C(=O)Nc2ccc3c(c2)OCCO3)cc2c1[nH]c1ccccc12. The molecule has 1 aliphatic rings. The molecule has 0 aliphatic carbocycles. The number of nitrogens with zero attached hydrogens (tertiary/aromatic N) is 1. The number of nitrogens with one attached hydrogen (secondary N) is 3. The van der Waals surface area contributed by atoms with Crippen molar-refractivity contribution in [3.05, 3.63) is 59.9 Å². The Kier molecular flexibility index (Phi) is 4.89. The van der Waals surface area contributed by atoms with Crippen LogP contribution in [0.3, 0.4) is 0 Å². The van der Waals surface area contributed by atoms with E-state index in [1.165, 1.54) is 0 Å².